The van der Waals surface area contributed by atoms with E-state index in [0.717, 1.165) is 11.1 Å². The maximum atomic E-state index is 11.9. The number of aromatic nitrogens is 3. The number of aliphatic hydroxyl groups is 2. The zero-order valence-corrected chi connectivity index (χ0v) is 16.2. The Hall–Kier alpha value is -2.48. The van der Waals surface area contributed by atoms with Gasteiger partial charge in [0.1, 0.15) is 36.0 Å². The quantitative estimate of drug-likeness (QED) is 0.652. The van der Waals surface area contributed by atoms with Crippen molar-refractivity contribution in [1.29, 1.82) is 0 Å². The minimum Gasteiger partial charge on any atom is -0.487 e. The summed E-state index contributed by atoms with van der Waals surface area (Å²) in [6.07, 6.45) is 0.838. The molecule has 2 N–H and O–H groups in total. The molecule has 0 bridgehead atoms. The topological polar surface area (TPSA) is 97.5 Å². The second kappa shape index (κ2) is 7.16. The molecule has 0 spiro atoms. The van der Waals surface area contributed by atoms with Gasteiger partial charge < -0.3 is 19.5 Å². The number of aryl methyl sites for hydroxylation is 1. The largest absolute Gasteiger partial charge is 0.487 e. The number of ketones is 1. The summed E-state index contributed by atoms with van der Waals surface area (Å²) in [5.74, 6) is 0.148. The lowest BCUT2D eigenvalue weighted by Gasteiger charge is -2.19. The molecule has 0 amide bonds. The van der Waals surface area contributed by atoms with Crippen LogP contribution in [0.5, 0.6) is 5.75 Å². The van der Waals surface area contributed by atoms with E-state index in [-0.39, 0.29) is 5.78 Å². The van der Waals surface area contributed by atoms with Gasteiger partial charge in [-0.1, -0.05) is 11.6 Å². The van der Waals surface area contributed by atoms with Gasteiger partial charge in [0.05, 0.1) is 17.3 Å². The van der Waals surface area contributed by atoms with Gasteiger partial charge in [-0.25, -0.2) is 9.97 Å². The predicted molar refractivity (Wildman–Crippen MR) is 104 cm³/mol. The van der Waals surface area contributed by atoms with Crippen LogP contribution < -0.4 is 4.74 Å². The monoisotopic (exact) mass is 401 g/mol. The molecule has 7 nitrogen and oxygen atoms in total. The first-order chi connectivity index (χ1) is 13.4. The van der Waals surface area contributed by atoms with E-state index in [9.17, 15) is 15.0 Å². The van der Waals surface area contributed by atoms with Crippen LogP contribution in [0.25, 0.3) is 11.0 Å². The average molecular weight is 402 g/mol. The summed E-state index contributed by atoms with van der Waals surface area (Å²) in [5.41, 5.74) is 1.88. The van der Waals surface area contributed by atoms with Crippen molar-refractivity contribution >= 4 is 28.4 Å². The Morgan fingerprint density at radius 3 is 2.79 bits per heavy atom. The maximum Gasteiger partial charge on any atom is 0.163 e. The number of carbonyl (C=O) groups excluding carboxylic acids is 1. The Morgan fingerprint density at radius 2 is 2.04 bits per heavy atom. The molecular formula is C20H20ClN3O4. The molecule has 0 radical (unpaired) electrons. The second-order valence-corrected chi connectivity index (χ2v) is 7.49. The van der Waals surface area contributed by atoms with Crippen LogP contribution in [0, 0.1) is 6.92 Å². The molecule has 4 rings (SSSR count). The van der Waals surface area contributed by atoms with E-state index in [1.165, 1.54) is 19.3 Å². The summed E-state index contributed by atoms with van der Waals surface area (Å²) >= 11 is 5.98. The van der Waals surface area contributed by atoms with E-state index < -0.39 is 24.4 Å². The van der Waals surface area contributed by atoms with Crippen molar-refractivity contribution in [3.05, 3.63) is 53.1 Å². The second-order valence-electron chi connectivity index (χ2n) is 7.06. The summed E-state index contributed by atoms with van der Waals surface area (Å²) in [5, 5.41) is 22.5. The van der Waals surface area contributed by atoms with Gasteiger partial charge in [-0.2, -0.15) is 0 Å². The highest BCUT2D eigenvalue weighted by Gasteiger charge is 2.44. The molecule has 3 aromatic rings. The molecule has 28 heavy (non-hydrogen) atoms. The minimum atomic E-state index is -1.11. The lowest BCUT2D eigenvalue weighted by atomic mass is 10.1. The predicted octanol–water partition coefficient (Wildman–Crippen LogP) is 2.71. The normalized spacial score (nSPS) is 24.6. The first-order valence-corrected chi connectivity index (χ1v) is 9.36. The summed E-state index contributed by atoms with van der Waals surface area (Å²) in [7, 11) is 0. The van der Waals surface area contributed by atoms with Gasteiger partial charge in [0.25, 0.3) is 0 Å². The highest BCUT2D eigenvalue weighted by Crippen LogP contribution is 2.37. The highest BCUT2D eigenvalue weighted by atomic mass is 35.5. The van der Waals surface area contributed by atoms with E-state index in [4.69, 9.17) is 16.3 Å². The van der Waals surface area contributed by atoms with E-state index in [1.54, 1.807) is 12.1 Å². The number of hydrogen-bond donors (Lipinski definition) is 2. The third kappa shape index (κ3) is 3.15. The van der Waals surface area contributed by atoms with Crippen LogP contribution in [0.3, 0.4) is 0 Å². The molecule has 0 saturated heterocycles. The Morgan fingerprint density at radius 1 is 1.25 bits per heavy atom. The molecule has 146 valence electrons. The van der Waals surface area contributed by atoms with Gasteiger partial charge in [0.2, 0.25) is 0 Å². The number of hydrogen-bond acceptors (Lipinski definition) is 6. The molecule has 0 unspecified atom stereocenters. The van der Waals surface area contributed by atoms with Crippen LogP contribution in [0.15, 0.2) is 36.8 Å². The van der Waals surface area contributed by atoms with E-state index in [0.29, 0.717) is 28.4 Å². The number of Topliss-reactive ketones (excluding diaryl/α,β-unsaturated/α-hetero) is 1. The molecule has 2 heterocycles. The number of carbonyl (C=O) groups is 1. The van der Waals surface area contributed by atoms with Crippen LogP contribution in [0.2, 0.25) is 5.02 Å². The molecule has 4 atom stereocenters. The Labute approximate surface area is 166 Å². The Bertz CT molecular complexity index is 1050. The van der Waals surface area contributed by atoms with Crippen LogP contribution in [-0.4, -0.2) is 48.8 Å². The molecule has 1 aromatic carbocycles. The van der Waals surface area contributed by atoms with Crippen molar-refractivity contribution in [2.75, 3.05) is 0 Å². The van der Waals surface area contributed by atoms with Gasteiger partial charge in [-0.15, -0.1) is 0 Å². The van der Waals surface area contributed by atoms with E-state index in [1.807, 2.05) is 23.8 Å². The number of fused-ring (bicyclic) bond motifs is 1. The minimum absolute atomic E-state index is 0.189. The number of rotatable bonds is 4. The average Bonchev–Trinajstić information content (AvgIpc) is 3.20. The molecule has 1 saturated carbocycles. The number of aliphatic hydroxyl groups excluding tert-OH is 2. The van der Waals surface area contributed by atoms with E-state index >= 15 is 0 Å². The van der Waals surface area contributed by atoms with Gasteiger partial charge in [-0.05, 0) is 38.1 Å². The fraction of sp³-hybridized carbons (Fsp3) is 0.350. The fourth-order valence-corrected chi connectivity index (χ4v) is 3.94. The summed E-state index contributed by atoms with van der Waals surface area (Å²) in [4.78, 5) is 20.4. The lowest BCUT2D eigenvalue weighted by molar-refractivity contribution is -0.0165. The number of nitrogens with zero attached hydrogens (tertiary/aromatic N) is 3. The van der Waals surface area contributed by atoms with Gasteiger partial charge in [0.15, 0.2) is 5.78 Å². The summed E-state index contributed by atoms with van der Waals surface area (Å²) < 4.78 is 7.78. The van der Waals surface area contributed by atoms with Crippen LogP contribution in [0.1, 0.15) is 35.4 Å². The lowest BCUT2D eigenvalue weighted by Crippen LogP contribution is -2.34. The van der Waals surface area contributed by atoms with E-state index in [2.05, 4.69) is 9.97 Å². The highest BCUT2D eigenvalue weighted by molar-refractivity contribution is 6.31. The van der Waals surface area contributed by atoms with Crippen molar-refractivity contribution in [1.82, 2.24) is 14.5 Å². The number of benzene rings is 1. The molecule has 0 aliphatic heterocycles. The van der Waals surface area contributed by atoms with Crippen molar-refractivity contribution in [2.24, 2.45) is 0 Å². The van der Waals surface area contributed by atoms with Crippen molar-refractivity contribution < 1.29 is 19.7 Å². The molecule has 1 aliphatic carbocycles. The zero-order chi connectivity index (χ0) is 20.0. The maximum absolute atomic E-state index is 11.9. The standard InChI is InChI=1S/C20H20ClN3O4/c1-10-13-5-6-24(20(13)23-9-22-10)15-8-17(19(27)18(15)26)28-16-4-3-12(21)7-14(16)11(2)25/h3-7,9,15,17-19,26-27H,8H2,1-2H3/t15-,17+,18+,19-/m1/s1. The number of ether oxygens (including phenoxy) is 1. The van der Waals surface area contributed by atoms with Crippen LogP contribution >= 0.6 is 11.6 Å². The molecule has 8 heteroatoms. The van der Waals surface area contributed by atoms with Gasteiger partial charge in [0, 0.05) is 23.0 Å². The van der Waals surface area contributed by atoms with Gasteiger partial charge in [-0.3, -0.25) is 4.79 Å². The molecule has 2 aromatic heterocycles. The van der Waals surface area contributed by atoms with Crippen LogP contribution in [-0.2, 0) is 0 Å². The van der Waals surface area contributed by atoms with Gasteiger partial charge >= 0.3 is 0 Å². The first-order valence-electron chi connectivity index (χ1n) is 8.98. The summed E-state index contributed by atoms with van der Waals surface area (Å²) in [6, 6.07) is 6.24. The molecular weight excluding hydrogens is 382 g/mol. The van der Waals surface area contributed by atoms with Crippen molar-refractivity contribution in [2.45, 2.75) is 44.6 Å². The third-order valence-electron chi connectivity index (χ3n) is 5.26. The first kappa shape index (κ1) is 18.9. The molecule has 1 aliphatic rings. The SMILES string of the molecule is CC(=O)c1cc(Cl)ccc1O[C@H]1C[C@@H](n2ccc3c(C)ncnc32)[C@H](O)[C@@H]1O. The van der Waals surface area contributed by atoms with Crippen molar-refractivity contribution in [3.63, 3.8) is 0 Å². The van der Waals surface area contributed by atoms with Crippen molar-refractivity contribution in [3.8, 4) is 5.75 Å². The zero-order valence-electron chi connectivity index (χ0n) is 15.4. The van der Waals surface area contributed by atoms with Crippen LogP contribution in [0.4, 0.5) is 0 Å². The third-order valence-corrected chi connectivity index (χ3v) is 5.50. The smallest absolute Gasteiger partial charge is 0.163 e. The Kier molecular flexibility index (Phi) is 4.82. The molecule has 1 fully saturated rings. The Balaban J connectivity index is 1.64. The summed E-state index contributed by atoms with van der Waals surface area (Å²) in [6.45, 7) is 3.32. The number of halogens is 1. The fourth-order valence-electron chi connectivity index (χ4n) is 3.77.